The number of nitro groups is 1. The van der Waals surface area contributed by atoms with Gasteiger partial charge in [0.1, 0.15) is 0 Å². The molecule has 6 nitrogen and oxygen atoms in total. The molecular formula is C17H23N3O3. The first-order chi connectivity index (χ1) is 11.0. The standard InChI is InChI=1S/C17H23N3O3/c1-4-12(5-2)16(21)10-18-14-9-11(3)19-17-13(14)7-6-8-15(17)20(22)23/h6-9,12,16,21H,4-5,10H2,1-3H3,(H,18,19). The summed E-state index contributed by atoms with van der Waals surface area (Å²) in [6.45, 7) is 6.34. The van der Waals surface area contributed by atoms with E-state index in [-0.39, 0.29) is 11.6 Å². The van der Waals surface area contributed by atoms with Gasteiger partial charge in [-0.15, -0.1) is 0 Å². The maximum atomic E-state index is 11.2. The maximum Gasteiger partial charge on any atom is 0.295 e. The molecule has 1 atom stereocenters. The summed E-state index contributed by atoms with van der Waals surface area (Å²) in [5.74, 6) is 0.242. The zero-order valence-corrected chi connectivity index (χ0v) is 13.7. The molecule has 0 aliphatic heterocycles. The predicted molar refractivity (Wildman–Crippen MR) is 91.7 cm³/mol. The quantitative estimate of drug-likeness (QED) is 0.601. The molecule has 2 N–H and O–H groups in total. The molecule has 0 fully saturated rings. The topological polar surface area (TPSA) is 88.3 Å². The number of non-ortho nitro benzene ring substituents is 1. The molecule has 1 aromatic carbocycles. The van der Waals surface area contributed by atoms with E-state index in [2.05, 4.69) is 24.1 Å². The number of rotatable bonds is 7. The van der Waals surface area contributed by atoms with Crippen LogP contribution in [0.25, 0.3) is 10.9 Å². The zero-order chi connectivity index (χ0) is 17.0. The van der Waals surface area contributed by atoms with Crippen molar-refractivity contribution in [2.75, 3.05) is 11.9 Å². The molecule has 0 radical (unpaired) electrons. The fourth-order valence-corrected chi connectivity index (χ4v) is 2.87. The number of aliphatic hydroxyl groups excluding tert-OH is 1. The number of fused-ring (bicyclic) bond motifs is 1. The SMILES string of the molecule is CCC(CC)C(O)CNc1cc(C)nc2c([N+](=O)[O-])cccc12. The van der Waals surface area contributed by atoms with E-state index in [1.54, 1.807) is 19.1 Å². The van der Waals surface area contributed by atoms with Crippen LogP contribution in [0.2, 0.25) is 0 Å². The van der Waals surface area contributed by atoms with Gasteiger partial charge in [0.05, 0.1) is 11.0 Å². The first kappa shape index (κ1) is 17.1. The van der Waals surface area contributed by atoms with E-state index in [9.17, 15) is 15.2 Å². The molecule has 23 heavy (non-hydrogen) atoms. The van der Waals surface area contributed by atoms with Crippen molar-refractivity contribution in [1.82, 2.24) is 4.98 Å². The molecule has 0 spiro atoms. The van der Waals surface area contributed by atoms with Crippen molar-refractivity contribution >= 4 is 22.3 Å². The molecule has 0 amide bonds. The van der Waals surface area contributed by atoms with Crippen molar-refractivity contribution in [3.8, 4) is 0 Å². The molecule has 2 aromatic rings. The lowest BCUT2D eigenvalue weighted by atomic mass is 9.96. The first-order valence-corrected chi connectivity index (χ1v) is 7.94. The molecule has 0 aliphatic rings. The van der Waals surface area contributed by atoms with Gasteiger partial charge in [-0.2, -0.15) is 0 Å². The Morgan fingerprint density at radius 3 is 2.65 bits per heavy atom. The first-order valence-electron chi connectivity index (χ1n) is 7.94. The number of aliphatic hydroxyl groups is 1. The molecular weight excluding hydrogens is 294 g/mol. The van der Waals surface area contributed by atoms with Crippen LogP contribution >= 0.6 is 0 Å². The van der Waals surface area contributed by atoms with Gasteiger partial charge in [0, 0.05) is 29.4 Å². The van der Waals surface area contributed by atoms with Crippen LogP contribution in [0.5, 0.6) is 0 Å². The van der Waals surface area contributed by atoms with Crippen molar-refractivity contribution in [2.24, 2.45) is 5.92 Å². The van der Waals surface area contributed by atoms with Crippen LogP contribution in [0, 0.1) is 23.0 Å². The van der Waals surface area contributed by atoms with Gasteiger partial charge < -0.3 is 10.4 Å². The summed E-state index contributed by atoms with van der Waals surface area (Å²) in [4.78, 5) is 15.1. The highest BCUT2D eigenvalue weighted by Gasteiger charge is 2.18. The number of pyridine rings is 1. The minimum absolute atomic E-state index is 0.00482. The van der Waals surface area contributed by atoms with Crippen molar-refractivity contribution in [1.29, 1.82) is 0 Å². The highest BCUT2D eigenvalue weighted by Crippen LogP contribution is 2.30. The number of benzene rings is 1. The fourth-order valence-electron chi connectivity index (χ4n) is 2.87. The summed E-state index contributed by atoms with van der Waals surface area (Å²) in [5.41, 5.74) is 1.83. The molecule has 2 rings (SSSR count). The number of hydrogen-bond acceptors (Lipinski definition) is 5. The number of aryl methyl sites for hydroxylation is 1. The lowest BCUT2D eigenvalue weighted by molar-refractivity contribution is -0.383. The number of aromatic nitrogens is 1. The van der Waals surface area contributed by atoms with Gasteiger partial charge in [-0.25, -0.2) is 4.98 Å². The molecule has 0 aliphatic carbocycles. The van der Waals surface area contributed by atoms with Gasteiger partial charge in [-0.05, 0) is 18.9 Å². The Balaban J connectivity index is 2.34. The fraction of sp³-hybridized carbons (Fsp3) is 0.471. The maximum absolute atomic E-state index is 11.2. The largest absolute Gasteiger partial charge is 0.391 e. The molecule has 1 unspecified atom stereocenters. The molecule has 6 heteroatoms. The Hall–Kier alpha value is -2.21. The average Bonchev–Trinajstić information content (AvgIpc) is 2.52. The summed E-state index contributed by atoms with van der Waals surface area (Å²) in [6.07, 6.45) is 1.38. The third kappa shape index (κ3) is 3.76. The Morgan fingerprint density at radius 1 is 1.35 bits per heavy atom. The van der Waals surface area contributed by atoms with Gasteiger partial charge in [0.25, 0.3) is 5.69 Å². The number of anilines is 1. The van der Waals surface area contributed by atoms with E-state index in [0.717, 1.165) is 18.5 Å². The summed E-state index contributed by atoms with van der Waals surface area (Å²) < 4.78 is 0. The van der Waals surface area contributed by atoms with Crippen LogP contribution in [0.1, 0.15) is 32.4 Å². The second kappa shape index (κ2) is 7.37. The molecule has 0 bridgehead atoms. The van der Waals surface area contributed by atoms with Gasteiger partial charge in [-0.1, -0.05) is 38.8 Å². The Morgan fingerprint density at radius 2 is 2.04 bits per heavy atom. The van der Waals surface area contributed by atoms with Crippen molar-refractivity contribution < 1.29 is 10.0 Å². The van der Waals surface area contributed by atoms with Gasteiger partial charge in [-0.3, -0.25) is 10.1 Å². The van der Waals surface area contributed by atoms with Crippen LogP contribution in [0.4, 0.5) is 11.4 Å². The van der Waals surface area contributed by atoms with E-state index in [1.807, 2.05) is 6.07 Å². The predicted octanol–water partition coefficient (Wildman–Crippen LogP) is 3.66. The molecule has 1 aromatic heterocycles. The second-order valence-electron chi connectivity index (χ2n) is 5.77. The monoisotopic (exact) mass is 317 g/mol. The second-order valence-corrected chi connectivity index (χ2v) is 5.77. The number of nitrogens with one attached hydrogen (secondary N) is 1. The summed E-state index contributed by atoms with van der Waals surface area (Å²) in [6, 6.07) is 6.77. The smallest absolute Gasteiger partial charge is 0.295 e. The summed E-state index contributed by atoms with van der Waals surface area (Å²) in [7, 11) is 0. The molecule has 0 saturated carbocycles. The van der Waals surface area contributed by atoms with E-state index >= 15 is 0 Å². The van der Waals surface area contributed by atoms with E-state index in [4.69, 9.17) is 0 Å². The van der Waals surface area contributed by atoms with Crippen LogP contribution in [-0.2, 0) is 0 Å². The lowest BCUT2D eigenvalue weighted by Gasteiger charge is -2.21. The van der Waals surface area contributed by atoms with Crippen LogP contribution in [-0.4, -0.2) is 27.7 Å². The minimum atomic E-state index is -0.452. The third-order valence-corrected chi connectivity index (χ3v) is 4.24. The van der Waals surface area contributed by atoms with Crippen LogP contribution in [0.3, 0.4) is 0 Å². The van der Waals surface area contributed by atoms with Gasteiger partial charge >= 0.3 is 0 Å². The number of hydrogen-bond donors (Lipinski definition) is 2. The number of para-hydroxylation sites is 1. The Bertz CT molecular complexity index is 699. The third-order valence-electron chi connectivity index (χ3n) is 4.24. The minimum Gasteiger partial charge on any atom is -0.391 e. The van der Waals surface area contributed by atoms with E-state index in [0.29, 0.717) is 23.1 Å². The summed E-state index contributed by atoms with van der Waals surface area (Å²) >= 11 is 0. The molecule has 124 valence electrons. The van der Waals surface area contributed by atoms with Crippen molar-refractivity contribution in [3.63, 3.8) is 0 Å². The van der Waals surface area contributed by atoms with Crippen molar-refractivity contribution in [3.05, 3.63) is 40.1 Å². The number of nitrogens with zero attached hydrogens (tertiary/aromatic N) is 2. The van der Waals surface area contributed by atoms with Crippen molar-refractivity contribution in [2.45, 2.75) is 39.7 Å². The normalized spacial score (nSPS) is 12.6. The average molecular weight is 317 g/mol. The number of nitro benzene ring substituents is 1. The van der Waals surface area contributed by atoms with Crippen LogP contribution in [0.15, 0.2) is 24.3 Å². The Kier molecular flexibility index (Phi) is 5.50. The van der Waals surface area contributed by atoms with E-state index in [1.165, 1.54) is 6.07 Å². The molecule has 1 heterocycles. The zero-order valence-electron chi connectivity index (χ0n) is 13.7. The Labute approximate surface area is 135 Å². The highest BCUT2D eigenvalue weighted by molar-refractivity contribution is 5.96. The highest BCUT2D eigenvalue weighted by atomic mass is 16.6. The van der Waals surface area contributed by atoms with Crippen LogP contribution < -0.4 is 5.32 Å². The summed E-state index contributed by atoms with van der Waals surface area (Å²) in [5, 5.41) is 25.4. The van der Waals surface area contributed by atoms with Gasteiger partial charge in [0.2, 0.25) is 0 Å². The molecule has 0 saturated heterocycles. The van der Waals surface area contributed by atoms with Gasteiger partial charge in [0.15, 0.2) is 5.52 Å². The van der Waals surface area contributed by atoms with E-state index < -0.39 is 11.0 Å². The lowest BCUT2D eigenvalue weighted by Crippen LogP contribution is -2.27.